The van der Waals surface area contributed by atoms with Gasteiger partial charge >= 0.3 is 6.03 Å². The van der Waals surface area contributed by atoms with E-state index in [2.05, 4.69) is 37.7 Å². The summed E-state index contributed by atoms with van der Waals surface area (Å²) >= 11 is 0. The van der Waals surface area contributed by atoms with E-state index in [4.69, 9.17) is 0 Å². The van der Waals surface area contributed by atoms with Gasteiger partial charge in [-0.3, -0.25) is 15.4 Å². The maximum atomic E-state index is 12.7. The van der Waals surface area contributed by atoms with E-state index in [9.17, 15) is 9.59 Å². The van der Waals surface area contributed by atoms with Gasteiger partial charge < -0.3 is 9.47 Å². The number of hydrogen-bond acceptors (Lipinski definition) is 6. The molecule has 0 spiro atoms. The fourth-order valence-electron chi connectivity index (χ4n) is 3.55. The summed E-state index contributed by atoms with van der Waals surface area (Å²) in [5.41, 5.74) is 1.06. The molecule has 3 aromatic heterocycles. The topological polar surface area (TPSA) is 118 Å². The number of carbonyl (C=O) groups excluding carboxylic acids is 2. The molecular weight excluding hydrogens is 408 g/mol. The Morgan fingerprint density at radius 3 is 2.66 bits per heavy atom. The highest BCUT2D eigenvalue weighted by atomic mass is 16.2. The van der Waals surface area contributed by atoms with Gasteiger partial charge in [-0.2, -0.15) is 0 Å². The van der Waals surface area contributed by atoms with Crippen molar-refractivity contribution in [2.45, 2.75) is 32.2 Å². The van der Waals surface area contributed by atoms with Crippen molar-refractivity contribution in [1.29, 1.82) is 0 Å². The van der Waals surface area contributed by atoms with Gasteiger partial charge in [0.1, 0.15) is 23.7 Å². The van der Waals surface area contributed by atoms with Crippen LogP contribution in [0.15, 0.2) is 42.9 Å². The minimum Gasteiger partial charge on any atom is -0.339 e. The van der Waals surface area contributed by atoms with Crippen molar-refractivity contribution in [3.63, 3.8) is 0 Å². The number of nitrogens with one attached hydrogen (secondary N) is 2. The number of piperidine rings is 1. The number of hydrogen-bond donors (Lipinski definition) is 2. The van der Waals surface area contributed by atoms with Gasteiger partial charge in [0, 0.05) is 30.9 Å². The molecule has 1 atom stereocenters. The average molecular weight is 433 g/mol. The molecule has 1 aliphatic heterocycles. The van der Waals surface area contributed by atoms with E-state index in [-0.39, 0.29) is 17.8 Å². The molecule has 0 saturated carbocycles. The molecule has 32 heavy (non-hydrogen) atoms. The van der Waals surface area contributed by atoms with Crippen molar-refractivity contribution in [3.8, 4) is 11.5 Å². The molecule has 1 aliphatic rings. The van der Waals surface area contributed by atoms with Crippen LogP contribution in [0, 0.1) is 6.92 Å². The number of amides is 3. The molecule has 0 unspecified atom stereocenters. The maximum Gasteiger partial charge on any atom is 0.326 e. The maximum absolute atomic E-state index is 12.7. The summed E-state index contributed by atoms with van der Waals surface area (Å²) in [4.78, 5) is 35.6. The summed E-state index contributed by atoms with van der Waals surface area (Å²) in [7, 11) is 0. The number of nitrogens with zero attached hydrogens (tertiary/aromatic N) is 6. The zero-order valence-corrected chi connectivity index (χ0v) is 17.9. The molecule has 1 fully saturated rings. The first-order valence-corrected chi connectivity index (χ1v) is 10.5. The number of likely N-dealkylation sites (tertiary alicyclic amines) is 1. The van der Waals surface area contributed by atoms with Crippen LogP contribution in [0.3, 0.4) is 0 Å². The summed E-state index contributed by atoms with van der Waals surface area (Å²) in [5, 5.41) is 13.4. The second kappa shape index (κ2) is 9.54. The van der Waals surface area contributed by atoms with Gasteiger partial charge in [0.15, 0.2) is 5.82 Å². The molecule has 0 aliphatic carbocycles. The highest BCUT2D eigenvalue weighted by Gasteiger charge is 2.19. The Morgan fingerprint density at radius 2 is 1.88 bits per heavy atom. The lowest BCUT2D eigenvalue weighted by Crippen LogP contribution is -2.35. The monoisotopic (exact) mass is 433 g/mol. The summed E-state index contributed by atoms with van der Waals surface area (Å²) < 4.78 is 1.79. The third kappa shape index (κ3) is 4.90. The zero-order chi connectivity index (χ0) is 22.5. The molecule has 10 nitrogen and oxygen atoms in total. The largest absolute Gasteiger partial charge is 0.339 e. The van der Waals surface area contributed by atoms with Crippen molar-refractivity contribution >= 4 is 23.6 Å². The Morgan fingerprint density at radius 1 is 1.09 bits per heavy atom. The second-order valence-corrected chi connectivity index (χ2v) is 7.68. The van der Waals surface area contributed by atoms with Gasteiger partial charge in [0.25, 0.3) is 5.91 Å². The van der Waals surface area contributed by atoms with Crippen LogP contribution >= 0.6 is 0 Å². The molecule has 165 valence electrons. The molecule has 1 saturated heterocycles. The van der Waals surface area contributed by atoms with Gasteiger partial charge in [0.05, 0.1) is 0 Å². The van der Waals surface area contributed by atoms with Crippen LogP contribution in [0.2, 0.25) is 0 Å². The first-order valence-electron chi connectivity index (χ1n) is 10.5. The predicted molar refractivity (Wildman–Crippen MR) is 120 cm³/mol. The number of pyridine rings is 2. The lowest BCUT2D eigenvalue weighted by atomic mass is 10.1. The molecule has 0 aromatic carbocycles. The normalized spacial score (nSPS) is 13.8. The Balaban J connectivity index is 1.43. The van der Waals surface area contributed by atoms with Gasteiger partial charge in [-0.15, -0.1) is 10.2 Å². The number of aromatic nitrogens is 5. The second-order valence-electron chi connectivity index (χ2n) is 7.68. The lowest BCUT2D eigenvalue weighted by Gasteiger charge is -2.26. The lowest BCUT2D eigenvalue weighted by molar-refractivity contribution is 0.0724. The predicted octanol–water partition coefficient (Wildman–Crippen LogP) is 3.40. The van der Waals surface area contributed by atoms with Crippen LogP contribution in [0.5, 0.6) is 0 Å². The van der Waals surface area contributed by atoms with E-state index in [1.54, 1.807) is 41.2 Å². The van der Waals surface area contributed by atoms with Crippen LogP contribution < -0.4 is 10.6 Å². The van der Waals surface area contributed by atoms with Crippen molar-refractivity contribution in [3.05, 3.63) is 55.3 Å². The average Bonchev–Trinajstić information content (AvgIpc) is 3.30. The Hall–Kier alpha value is -3.82. The third-order valence-electron chi connectivity index (χ3n) is 5.16. The van der Waals surface area contributed by atoms with Crippen LogP contribution in [0.25, 0.3) is 11.5 Å². The van der Waals surface area contributed by atoms with Crippen molar-refractivity contribution in [2.75, 3.05) is 23.7 Å². The van der Waals surface area contributed by atoms with E-state index in [0.717, 1.165) is 32.4 Å². The highest BCUT2D eigenvalue weighted by molar-refractivity contribution is 6.00. The van der Waals surface area contributed by atoms with Crippen LogP contribution in [-0.2, 0) is 0 Å². The van der Waals surface area contributed by atoms with Gasteiger partial charge in [0.2, 0.25) is 0 Å². The van der Waals surface area contributed by atoms with Gasteiger partial charge in [-0.25, -0.2) is 14.8 Å². The molecule has 0 bridgehead atoms. The Bertz CT molecular complexity index is 1100. The summed E-state index contributed by atoms with van der Waals surface area (Å²) in [5.74, 6) is 1.13. The Labute approximate surface area is 186 Å². The molecular formula is C22H25N8O2. The quantitative estimate of drug-likeness (QED) is 0.637. The van der Waals surface area contributed by atoms with Gasteiger partial charge in [-0.05, 0) is 57.4 Å². The molecule has 4 rings (SSSR count). The minimum atomic E-state index is -0.517. The van der Waals surface area contributed by atoms with E-state index in [0.29, 0.717) is 22.9 Å². The van der Waals surface area contributed by atoms with Crippen molar-refractivity contribution in [1.82, 2.24) is 29.6 Å². The summed E-state index contributed by atoms with van der Waals surface area (Å²) in [6.07, 6.45) is 6.28. The summed E-state index contributed by atoms with van der Waals surface area (Å²) in [6.45, 7) is 7.41. The molecule has 3 aromatic rings. The smallest absolute Gasteiger partial charge is 0.326 e. The van der Waals surface area contributed by atoms with Crippen molar-refractivity contribution < 1.29 is 9.59 Å². The van der Waals surface area contributed by atoms with Crippen LogP contribution in [-0.4, -0.2) is 54.7 Å². The number of rotatable bonds is 5. The fraction of sp³-hybridized carbons (Fsp3) is 0.318. The molecule has 1 radical (unpaired) electrons. The molecule has 3 amide bonds. The van der Waals surface area contributed by atoms with Crippen LogP contribution in [0.1, 0.15) is 42.6 Å². The number of carbonyl (C=O) groups is 2. The van der Waals surface area contributed by atoms with Crippen molar-refractivity contribution in [2.24, 2.45) is 0 Å². The highest BCUT2D eigenvalue weighted by Crippen LogP contribution is 2.20. The van der Waals surface area contributed by atoms with Gasteiger partial charge in [-0.1, -0.05) is 6.07 Å². The summed E-state index contributed by atoms with van der Waals surface area (Å²) in [6, 6.07) is 7.86. The van der Waals surface area contributed by atoms with E-state index in [1.165, 1.54) is 6.20 Å². The fourth-order valence-corrected chi connectivity index (χ4v) is 3.55. The molecule has 4 heterocycles. The zero-order valence-electron chi connectivity index (χ0n) is 17.9. The van der Waals surface area contributed by atoms with Crippen LogP contribution in [0.4, 0.5) is 16.4 Å². The van der Waals surface area contributed by atoms with E-state index >= 15 is 0 Å². The minimum absolute atomic E-state index is 0.0475. The molecule has 2 N–H and O–H groups in total. The Kier molecular flexibility index (Phi) is 6.39. The number of urea groups is 1. The van der Waals surface area contributed by atoms with E-state index in [1.807, 2.05) is 11.8 Å². The number of anilines is 2. The van der Waals surface area contributed by atoms with E-state index < -0.39 is 6.03 Å². The first-order chi connectivity index (χ1) is 15.5. The molecule has 10 heteroatoms. The third-order valence-corrected chi connectivity index (χ3v) is 5.16. The SMILES string of the molecule is [CH2][C@H](C)n1cnnc1-c1cccc(NC(=O)Nc2cc(C(=O)N3CCCCC3)ccn2)n1. The standard InChI is InChI=1S/C22H25N8O2/c1-15(2)30-14-24-28-20(30)17-7-6-8-18(25-17)26-22(32)27-19-13-16(9-10-23-19)21(31)29-11-4-3-5-12-29/h6-10,13-15H,1,3-5,11-12H2,2H3,(H2,23,25,26,27,32)/t15-/m1/s1. The first kappa shape index (κ1) is 21.4.